The van der Waals surface area contributed by atoms with Crippen molar-refractivity contribution >= 4 is 87.3 Å². The molecule has 0 fully saturated rings. The van der Waals surface area contributed by atoms with Crippen molar-refractivity contribution in [2.75, 3.05) is 86.3 Å². The first-order chi connectivity index (χ1) is 44.8. The van der Waals surface area contributed by atoms with Crippen LogP contribution in [0, 0.1) is 0 Å². The number of benzene rings is 6. The second-order valence-corrected chi connectivity index (χ2v) is 24.5. The number of aromatic amines is 1. The number of amides is 8. The molecule has 0 bridgehead atoms. The molecule has 0 spiro atoms. The third kappa shape index (κ3) is 17.7. The molecule has 22 heteroatoms. The van der Waals surface area contributed by atoms with Gasteiger partial charge in [0.2, 0.25) is 11.8 Å². The Morgan fingerprint density at radius 1 is 0.543 bits per heavy atom. The van der Waals surface area contributed by atoms with Crippen LogP contribution in [0.5, 0.6) is 0 Å². The highest BCUT2D eigenvalue weighted by Gasteiger charge is 2.46. The Morgan fingerprint density at radius 3 is 1.40 bits per heavy atom. The quantitative estimate of drug-likeness (QED) is 0.0342. The van der Waals surface area contributed by atoms with Crippen molar-refractivity contribution in [1.82, 2.24) is 40.4 Å². The average molecular weight is 1270 g/mol. The molecule has 1 aromatic heterocycles. The van der Waals surface area contributed by atoms with Crippen molar-refractivity contribution in [1.29, 1.82) is 0 Å². The Balaban J connectivity index is 0.000000228. The number of carbonyl (C=O) groups excluding carboxylic acids is 7. The van der Waals surface area contributed by atoms with Gasteiger partial charge in [0.1, 0.15) is 11.6 Å². The maximum absolute atomic E-state index is 13.7. The van der Waals surface area contributed by atoms with E-state index in [1.807, 2.05) is 155 Å². The number of nitrogens with one attached hydrogen (secondary N) is 9. The highest BCUT2D eigenvalue weighted by molar-refractivity contribution is 6.12. The predicted octanol–water partition coefficient (Wildman–Crippen LogP) is 11.5. The number of carbonyl (C=O) groups is 7. The van der Waals surface area contributed by atoms with Crippen molar-refractivity contribution < 1.29 is 33.6 Å². The van der Waals surface area contributed by atoms with Gasteiger partial charge in [0.25, 0.3) is 11.8 Å². The fraction of sp³-hybridized carbons (Fsp3) is 0.264. The largest absolute Gasteiger partial charge is 0.340 e. The Labute approximate surface area is 549 Å². The third-order valence-corrected chi connectivity index (χ3v) is 15.8. The molecule has 7 aromatic rings. The summed E-state index contributed by atoms with van der Waals surface area (Å²) in [5.41, 5.74) is 9.58. The minimum Gasteiger partial charge on any atom is -0.340 e. The minimum atomic E-state index is -0.619. The molecule has 3 aliphatic rings. The van der Waals surface area contributed by atoms with E-state index < -0.39 is 11.1 Å². The summed E-state index contributed by atoms with van der Waals surface area (Å²) in [6.45, 7) is 20.7. The second kappa shape index (κ2) is 30.9. The molecule has 0 saturated heterocycles. The Kier molecular flexibility index (Phi) is 22.7. The van der Waals surface area contributed by atoms with Gasteiger partial charge in [0.05, 0.1) is 48.5 Å². The van der Waals surface area contributed by atoms with Gasteiger partial charge in [-0.05, 0) is 184 Å². The van der Waals surface area contributed by atoms with E-state index in [2.05, 4.69) is 89.5 Å². The highest BCUT2D eigenvalue weighted by Crippen LogP contribution is 2.42. The molecule has 2 atom stereocenters. The van der Waals surface area contributed by atoms with Gasteiger partial charge in [-0.1, -0.05) is 86.0 Å². The summed E-state index contributed by atoms with van der Waals surface area (Å²) in [6.07, 6.45) is 2.37. The number of aromatic nitrogens is 2. The Bertz CT molecular complexity index is 3970. The molecule has 0 aliphatic carbocycles. The van der Waals surface area contributed by atoms with Crippen molar-refractivity contribution in [3.05, 3.63) is 228 Å². The number of H-pyrrole nitrogens is 1. The molecule has 3 aliphatic heterocycles. The molecule has 8 amide bonds. The maximum Gasteiger partial charge on any atom is 0.319 e. The molecule has 0 unspecified atom stereocenters. The molecular formula is C72H83N15O7. The molecule has 94 heavy (non-hydrogen) atoms. The fourth-order valence-corrected chi connectivity index (χ4v) is 11.0. The van der Waals surface area contributed by atoms with Crippen LogP contribution in [0.1, 0.15) is 96.7 Å². The van der Waals surface area contributed by atoms with Crippen LogP contribution in [-0.4, -0.2) is 137 Å². The summed E-state index contributed by atoms with van der Waals surface area (Å²) in [5, 5.41) is 32.1. The van der Waals surface area contributed by atoms with Gasteiger partial charge in [-0.2, -0.15) is 5.10 Å². The standard InChI is InChI=1S/C35H39N7O3.C34H38N8O3.C3H6O/c1-6-31(43)37-25-17-15-24(16-18-25)33(44)39-27-14-10-13-26(19-27)38-32-28-21-42(35(2,3)29(28)20-36-32)34(45)40-30(22-41(4)5)23-11-8-7-9-12-23;1-6-29(43)35-24-17-15-23(16-18-24)32(44)37-26-14-10-13-25(19-26)36-31-27-20-42(34(2,3)30(27)39-40-31)33(45)38-28(21-41(4)5)22-11-8-7-9-12-22;1-3(2)4/h6-19,30H,1,20-22H2,2-5H3,(H,36,38)(H,37,43)(H,39,44)(H,40,45);6-19,28H,1,20-21H2,2-5H3,(H,35,43)(H,37,44)(H,38,45)(H2,36,39,40);1-2H3/t30-;28-;/m11./s1. The lowest BCUT2D eigenvalue weighted by Gasteiger charge is -2.36. The summed E-state index contributed by atoms with van der Waals surface area (Å²) >= 11 is 0. The molecule has 10 rings (SSSR count). The van der Waals surface area contributed by atoms with E-state index >= 15 is 0 Å². The maximum atomic E-state index is 13.7. The average Bonchev–Trinajstić information content (AvgIpc) is 1.60. The summed E-state index contributed by atoms with van der Waals surface area (Å²) in [5.74, 6) is 0.291. The van der Waals surface area contributed by atoms with E-state index in [-0.39, 0.29) is 53.6 Å². The number of anilines is 7. The van der Waals surface area contributed by atoms with Crippen LogP contribution in [0.3, 0.4) is 0 Å². The molecular weight excluding hydrogens is 1190 g/mol. The molecule has 6 aromatic carbocycles. The summed E-state index contributed by atoms with van der Waals surface area (Å²) < 4.78 is 0. The van der Waals surface area contributed by atoms with Crippen LogP contribution >= 0.6 is 0 Å². The van der Waals surface area contributed by atoms with Crippen molar-refractivity contribution in [2.45, 2.75) is 71.2 Å². The topological polar surface area (TPSA) is 270 Å². The number of fused-ring (bicyclic) bond motifs is 1. The molecule has 9 N–H and O–H groups in total. The van der Waals surface area contributed by atoms with Crippen molar-refractivity contribution in [2.24, 2.45) is 4.99 Å². The lowest BCUT2D eigenvalue weighted by molar-refractivity contribution is -0.115. The monoisotopic (exact) mass is 1270 g/mol. The first kappa shape index (κ1) is 68.9. The normalized spacial score (nSPS) is 14.4. The van der Waals surface area contributed by atoms with Crippen LogP contribution in [0.25, 0.3) is 0 Å². The van der Waals surface area contributed by atoms with Gasteiger partial charge in [-0.3, -0.25) is 29.3 Å². The summed E-state index contributed by atoms with van der Waals surface area (Å²) in [6, 6.07) is 47.3. The molecule has 4 heterocycles. The lowest BCUT2D eigenvalue weighted by Crippen LogP contribution is -2.52. The summed E-state index contributed by atoms with van der Waals surface area (Å²) in [7, 11) is 7.97. The number of nitrogens with zero attached hydrogens (tertiary/aromatic N) is 6. The van der Waals surface area contributed by atoms with Crippen LogP contribution in [0.2, 0.25) is 0 Å². The van der Waals surface area contributed by atoms with E-state index in [4.69, 9.17) is 4.99 Å². The number of amidine groups is 1. The zero-order chi connectivity index (χ0) is 67.9. The van der Waals surface area contributed by atoms with Gasteiger partial charge in [0, 0.05) is 69.5 Å². The van der Waals surface area contributed by atoms with Crippen molar-refractivity contribution in [3.63, 3.8) is 0 Å². The fourth-order valence-electron chi connectivity index (χ4n) is 11.0. The highest BCUT2D eigenvalue weighted by atomic mass is 16.2. The van der Waals surface area contributed by atoms with Gasteiger partial charge < -0.3 is 66.9 Å². The second-order valence-electron chi connectivity index (χ2n) is 24.5. The Morgan fingerprint density at radius 2 is 0.968 bits per heavy atom. The number of likely N-dealkylation sites (N-methyl/N-ethyl adjacent to an activating group) is 2. The van der Waals surface area contributed by atoms with E-state index in [0.717, 1.165) is 50.7 Å². The number of hydrogen-bond donors (Lipinski definition) is 9. The first-order valence-corrected chi connectivity index (χ1v) is 30.6. The van der Waals surface area contributed by atoms with E-state index in [0.29, 0.717) is 72.4 Å². The number of ketones is 1. The first-order valence-electron chi connectivity index (χ1n) is 30.6. The Hall–Kier alpha value is -11.0. The van der Waals surface area contributed by atoms with Gasteiger partial charge >= 0.3 is 12.1 Å². The zero-order valence-corrected chi connectivity index (χ0v) is 54.8. The number of urea groups is 2. The number of aliphatic imine (C=N–C) groups is 1. The molecule has 488 valence electrons. The number of Topliss-reactive ketones (excluding diaryl/α,β-unsaturated/α-hetero) is 1. The summed E-state index contributed by atoms with van der Waals surface area (Å²) in [4.78, 5) is 98.2. The van der Waals surface area contributed by atoms with Crippen molar-refractivity contribution in [3.8, 4) is 0 Å². The number of rotatable bonds is 19. The van der Waals surface area contributed by atoms with Crippen LogP contribution in [-0.2, 0) is 26.5 Å². The van der Waals surface area contributed by atoms with Gasteiger partial charge in [-0.25, -0.2) is 9.59 Å². The van der Waals surface area contributed by atoms with Gasteiger partial charge in [-0.15, -0.1) is 0 Å². The zero-order valence-electron chi connectivity index (χ0n) is 54.8. The van der Waals surface area contributed by atoms with E-state index in [1.54, 1.807) is 54.6 Å². The van der Waals surface area contributed by atoms with Crippen LogP contribution in [0.15, 0.2) is 199 Å². The van der Waals surface area contributed by atoms with Gasteiger partial charge in [0.15, 0.2) is 5.82 Å². The molecule has 0 saturated carbocycles. The van der Waals surface area contributed by atoms with Crippen LogP contribution in [0.4, 0.5) is 49.5 Å². The number of hydrogen-bond acceptors (Lipinski definition) is 13. The minimum absolute atomic E-state index is 0.120. The third-order valence-electron chi connectivity index (χ3n) is 15.8. The van der Waals surface area contributed by atoms with E-state index in [1.165, 1.54) is 26.0 Å². The molecule has 0 radical (unpaired) electrons. The smallest absolute Gasteiger partial charge is 0.319 e. The SMILES string of the molecule is C=CC(=O)Nc1ccc(C(=O)Nc2cccc(NC3=NCC4=C3CN(C(=O)N[C@H](CN(C)C)c3ccccc3)C4(C)C)c2)cc1.C=CC(=O)Nc1ccc(C(=O)Nc2cccc(Nc3n[nH]c4c3CN(C(=O)N[C@H](CN(C)C)c3ccccc3)C4(C)C)c2)cc1.CC(C)=O. The lowest BCUT2D eigenvalue weighted by atomic mass is 9.94. The molecule has 22 nitrogen and oxygen atoms in total. The van der Waals surface area contributed by atoms with Crippen LogP contribution < -0.4 is 42.5 Å². The predicted molar refractivity (Wildman–Crippen MR) is 372 cm³/mol. The van der Waals surface area contributed by atoms with E-state index in [9.17, 15) is 33.6 Å².